The lowest BCUT2D eigenvalue weighted by molar-refractivity contribution is -0.158. The van der Waals surface area contributed by atoms with Gasteiger partial charge in [0.25, 0.3) is 0 Å². The van der Waals surface area contributed by atoms with Crippen LogP contribution in [0.15, 0.2) is 30.3 Å². The van der Waals surface area contributed by atoms with Crippen LogP contribution in [0.4, 0.5) is 4.79 Å². The first-order chi connectivity index (χ1) is 14.9. The lowest BCUT2D eigenvalue weighted by atomic mass is 9.96. The predicted octanol–water partition coefficient (Wildman–Crippen LogP) is 2.35. The van der Waals surface area contributed by atoms with Gasteiger partial charge in [0.05, 0.1) is 5.92 Å². The molecule has 0 spiro atoms. The number of rotatable bonds is 6. The van der Waals surface area contributed by atoms with Crippen molar-refractivity contribution < 1.29 is 28.7 Å². The maximum Gasteiger partial charge on any atom is 0.410 e. The Morgan fingerprint density at radius 2 is 1.72 bits per heavy atom. The summed E-state index contributed by atoms with van der Waals surface area (Å²) >= 11 is 0. The monoisotopic (exact) mass is 447 g/mol. The van der Waals surface area contributed by atoms with Gasteiger partial charge >= 0.3 is 12.1 Å². The second-order valence-electron chi connectivity index (χ2n) is 9.12. The van der Waals surface area contributed by atoms with Crippen LogP contribution in [0, 0.1) is 5.92 Å². The minimum Gasteiger partial charge on any atom is -0.458 e. The van der Waals surface area contributed by atoms with Crippen LogP contribution in [-0.4, -0.2) is 53.1 Å². The van der Waals surface area contributed by atoms with E-state index in [0.29, 0.717) is 19.4 Å². The molecule has 1 saturated heterocycles. The van der Waals surface area contributed by atoms with Crippen LogP contribution in [0.2, 0.25) is 0 Å². The first-order valence-electron chi connectivity index (χ1n) is 10.7. The normalized spacial score (nSPS) is 18.2. The molecule has 1 heterocycles. The van der Waals surface area contributed by atoms with Crippen LogP contribution in [0.25, 0.3) is 0 Å². The Kier molecular flexibility index (Phi) is 8.24. The smallest absolute Gasteiger partial charge is 0.410 e. The fourth-order valence-electron chi connectivity index (χ4n) is 3.38. The molecular formula is C23H33N3O6. The maximum atomic E-state index is 13.0. The molecule has 0 aliphatic carbocycles. The highest BCUT2D eigenvalue weighted by atomic mass is 16.6. The molecule has 32 heavy (non-hydrogen) atoms. The van der Waals surface area contributed by atoms with Crippen molar-refractivity contribution in [3.05, 3.63) is 35.9 Å². The number of esters is 1. The summed E-state index contributed by atoms with van der Waals surface area (Å²) in [6, 6.07) is 9.08. The summed E-state index contributed by atoms with van der Waals surface area (Å²) in [5.41, 5.74) is -1.61. The lowest BCUT2D eigenvalue weighted by Gasteiger charge is -2.35. The number of nitrogens with zero attached hydrogens (tertiary/aromatic N) is 1. The topological polar surface area (TPSA) is 114 Å². The first-order valence-corrected chi connectivity index (χ1v) is 10.7. The molecule has 0 bridgehead atoms. The van der Waals surface area contributed by atoms with Crippen molar-refractivity contribution in [1.29, 1.82) is 0 Å². The minimum atomic E-state index is -1.74. The largest absolute Gasteiger partial charge is 0.458 e. The number of ether oxygens (including phenoxy) is 2. The zero-order valence-electron chi connectivity index (χ0n) is 19.4. The van der Waals surface area contributed by atoms with Gasteiger partial charge in [-0.2, -0.15) is 0 Å². The number of likely N-dealkylation sites (tertiary alicyclic amines) is 1. The van der Waals surface area contributed by atoms with Crippen molar-refractivity contribution in [3.63, 3.8) is 0 Å². The van der Waals surface area contributed by atoms with Gasteiger partial charge in [-0.1, -0.05) is 30.3 Å². The average molecular weight is 448 g/mol. The summed E-state index contributed by atoms with van der Waals surface area (Å²) < 4.78 is 10.7. The second-order valence-corrected chi connectivity index (χ2v) is 9.12. The van der Waals surface area contributed by atoms with E-state index in [1.807, 2.05) is 18.2 Å². The highest BCUT2D eigenvalue weighted by Gasteiger charge is 2.40. The van der Waals surface area contributed by atoms with Crippen LogP contribution in [0.3, 0.4) is 0 Å². The molecule has 1 aliphatic rings. The van der Waals surface area contributed by atoms with Crippen molar-refractivity contribution in [2.75, 3.05) is 13.1 Å². The van der Waals surface area contributed by atoms with E-state index in [1.165, 1.54) is 18.7 Å². The highest BCUT2D eigenvalue weighted by Crippen LogP contribution is 2.20. The summed E-state index contributed by atoms with van der Waals surface area (Å²) in [6.45, 7) is 8.61. The molecular weight excluding hydrogens is 414 g/mol. The third-order valence-corrected chi connectivity index (χ3v) is 4.86. The molecule has 1 aromatic rings. The van der Waals surface area contributed by atoms with Gasteiger partial charge in [0.1, 0.15) is 12.2 Å². The lowest BCUT2D eigenvalue weighted by Crippen LogP contribution is -2.65. The molecule has 1 aliphatic heterocycles. The van der Waals surface area contributed by atoms with Gasteiger partial charge in [0, 0.05) is 20.0 Å². The van der Waals surface area contributed by atoms with E-state index in [-0.39, 0.29) is 13.2 Å². The van der Waals surface area contributed by atoms with Crippen molar-refractivity contribution in [3.8, 4) is 0 Å². The Bertz CT molecular complexity index is 836. The van der Waals surface area contributed by atoms with Gasteiger partial charge in [-0.05, 0) is 46.1 Å². The molecule has 1 aromatic carbocycles. The van der Waals surface area contributed by atoms with Gasteiger partial charge in [-0.3, -0.25) is 9.59 Å². The molecule has 0 saturated carbocycles. The highest BCUT2D eigenvalue weighted by molar-refractivity contribution is 5.92. The van der Waals surface area contributed by atoms with Gasteiger partial charge in [-0.15, -0.1) is 0 Å². The molecule has 9 heteroatoms. The maximum absolute atomic E-state index is 13.0. The van der Waals surface area contributed by atoms with Gasteiger partial charge in [0.15, 0.2) is 0 Å². The fraction of sp³-hybridized carbons (Fsp3) is 0.565. The van der Waals surface area contributed by atoms with E-state index in [1.54, 1.807) is 32.9 Å². The average Bonchev–Trinajstić information content (AvgIpc) is 2.71. The van der Waals surface area contributed by atoms with Gasteiger partial charge in [0.2, 0.25) is 17.5 Å². The van der Waals surface area contributed by atoms with Crippen molar-refractivity contribution in [1.82, 2.24) is 15.5 Å². The summed E-state index contributed by atoms with van der Waals surface area (Å²) in [6.07, 6.45) is 0.675. The standard InChI is InChI=1S/C23H33N3O6/c1-16(27)24-23(5,20(29)31-15-17-10-7-6-8-11-17)25-19(28)18-12-9-13-26(14-18)21(30)32-22(2,3)4/h6-8,10-11,18H,9,12-15H2,1-5H3,(H,24,27)(H,25,28)/t18-,23+/m1/s1. The molecule has 0 radical (unpaired) electrons. The predicted molar refractivity (Wildman–Crippen MR) is 117 cm³/mol. The van der Waals surface area contributed by atoms with Crippen molar-refractivity contribution in [2.45, 2.75) is 65.3 Å². The minimum absolute atomic E-state index is 0.000564. The molecule has 3 amide bonds. The van der Waals surface area contributed by atoms with E-state index >= 15 is 0 Å². The Morgan fingerprint density at radius 3 is 2.31 bits per heavy atom. The van der Waals surface area contributed by atoms with Gasteiger partial charge < -0.3 is 25.0 Å². The van der Waals surface area contributed by atoms with Crippen LogP contribution < -0.4 is 10.6 Å². The number of piperidine rings is 1. The molecule has 0 aromatic heterocycles. The summed E-state index contributed by atoms with van der Waals surface area (Å²) in [7, 11) is 0. The summed E-state index contributed by atoms with van der Waals surface area (Å²) in [5.74, 6) is -2.29. The van der Waals surface area contributed by atoms with E-state index in [2.05, 4.69) is 10.6 Å². The van der Waals surface area contributed by atoms with Crippen LogP contribution in [0.1, 0.15) is 53.0 Å². The Hall–Kier alpha value is -3.10. The quantitative estimate of drug-likeness (QED) is 0.511. The van der Waals surface area contributed by atoms with E-state index in [9.17, 15) is 19.2 Å². The van der Waals surface area contributed by atoms with Crippen LogP contribution in [-0.2, 0) is 30.5 Å². The number of hydrogen-bond donors (Lipinski definition) is 2. The number of carbonyl (C=O) groups excluding carboxylic acids is 4. The van der Waals surface area contributed by atoms with E-state index in [4.69, 9.17) is 9.47 Å². The Morgan fingerprint density at radius 1 is 1.06 bits per heavy atom. The number of hydrogen-bond acceptors (Lipinski definition) is 6. The van der Waals surface area contributed by atoms with Gasteiger partial charge in [-0.25, -0.2) is 9.59 Å². The summed E-state index contributed by atoms with van der Waals surface area (Å²) in [5, 5.41) is 5.09. The molecule has 2 N–H and O–H groups in total. The molecule has 2 atom stereocenters. The zero-order valence-corrected chi connectivity index (χ0v) is 19.4. The van der Waals surface area contributed by atoms with E-state index < -0.39 is 41.1 Å². The third kappa shape index (κ3) is 7.55. The number of amides is 3. The molecule has 2 rings (SSSR count). The third-order valence-electron chi connectivity index (χ3n) is 4.86. The SMILES string of the molecule is CC(=O)N[C@@](C)(NC(=O)[C@@H]1CCCN(C(=O)OC(C)(C)C)C1)C(=O)OCc1ccccc1. The van der Waals surface area contributed by atoms with Crippen molar-refractivity contribution >= 4 is 23.9 Å². The van der Waals surface area contributed by atoms with E-state index in [0.717, 1.165) is 5.56 Å². The Labute approximate surface area is 188 Å². The first kappa shape index (κ1) is 25.2. The second kappa shape index (κ2) is 10.5. The van der Waals surface area contributed by atoms with Crippen LogP contribution in [0.5, 0.6) is 0 Å². The molecule has 1 fully saturated rings. The van der Waals surface area contributed by atoms with Crippen molar-refractivity contribution in [2.24, 2.45) is 5.92 Å². The molecule has 0 unspecified atom stereocenters. The molecule has 176 valence electrons. The number of carbonyl (C=O) groups is 4. The summed E-state index contributed by atoms with van der Waals surface area (Å²) in [4.78, 5) is 51.4. The number of nitrogens with one attached hydrogen (secondary N) is 2. The molecule has 9 nitrogen and oxygen atoms in total. The van der Waals surface area contributed by atoms with Crippen LogP contribution >= 0.6 is 0 Å². The Balaban J connectivity index is 2.05. The number of benzene rings is 1. The fourth-order valence-corrected chi connectivity index (χ4v) is 3.38. The zero-order chi connectivity index (χ0) is 23.9.